The summed E-state index contributed by atoms with van der Waals surface area (Å²) in [6.07, 6.45) is 3.40. The average Bonchev–Trinajstić information content (AvgIpc) is 2.16. The molecule has 98 valence electrons. The lowest BCUT2D eigenvalue weighted by Crippen LogP contribution is -2.58. The van der Waals surface area contributed by atoms with Crippen molar-refractivity contribution in [3.8, 4) is 0 Å². The first-order valence-electron chi connectivity index (χ1n) is 6.31. The molecule has 0 saturated carbocycles. The molecule has 16 heavy (non-hydrogen) atoms. The van der Waals surface area contributed by atoms with E-state index in [4.69, 9.17) is 5.84 Å². The number of nitrogens with zero attached hydrogens (tertiary/aromatic N) is 1. The molecule has 0 aliphatic rings. The molecule has 0 aromatic carbocycles. The molecule has 0 aromatic heterocycles. The van der Waals surface area contributed by atoms with E-state index >= 15 is 0 Å². The summed E-state index contributed by atoms with van der Waals surface area (Å²) in [6, 6.07) is 0.340. The van der Waals surface area contributed by atoms with Crippen LogP contribution in [0, 0.1) is 5.41 Å². The Bertz CT molecular complexity index is 196. The van der Waals surface area contributed by atoms with Crippen molar-refractivity contribution < 1.29 is 0 Å². The van der Waals surface area contributed by atoms with Crippen molar-refractivity contribution in [1.82, 2.24) is 10.3 Å². The van der Waals surface area contributed by atoms with Gasteiger partial charge in [0, 0.05) is 11.6 Å². The van der Waals surface area contributed by atoms with Gasteiger partial charge in [0.15, 0.2) is 0 Å². The molecule has 0 fully saturated rings. The molecule has 0 aromatic rings. The SMILES string of the molecule is CCC(C)(C(CCC(C)(C)C)NN)N(C)C. The Hall–Kier alpha value is -0.120. The van der Waals surface area contributed by atoms with E-state index in [1.54, 1.807) is 0 Å². The maximum atomic E-state index is 5.72. The van der Waals surface area contributed by atoms with E-state index < -0.39 is 0 Å². The zero-order valence-corrected chi connectivity index (χ0v) is 12.2. The van der Waals surface area contributed by atoms with Gasteiger partial charge in [-0.05, 0) is 45.7 Å². The molecule has 2 atom stereocenters. The van der Waals surface area contributed by atoms with Crippen molar-refractivity contribution in [2.45, 2.75) is 65.5 Å². The van der Waals surface area contributed by atoms with Crippen LogP contribution in [-0.4, -0.2) is 30.6 Å². The minimum Gasteiger partial charge on any atom is -0.302 e. The summed E-state index contributed by atoms with van der Waals surface area (Å²) >= 11 is 0. The van der Waals surface area contributed by atoms with Crippen LogP contribution < -0.4 is 11.3 Å². The predicted molar refractivity (Wildman–Crippen MR) is 72.2 cm³/mol. The smallest absolute Gasteiger partial charge is 0.0391 e. The van der Waals surface area contributed by atoms with Crippen LogP contribution >= 0.6 is 0 Å². The average molecular weight is 229 g/mol. The van der Waals surface area contributed by atoms with Crippen molar-refractivity contribution >= 4 is 0 Å². The third kappa shape index (κ3) is 4.40. The lowest BCUT2D eigenvalue weighted by atomic mass is 9.81. The topological polar surface area (TPSA) is 41.3 Å². The fourth-order valence-corrected chi connectivity index (χ4v) is 2.03. The van der Waals surface area contributed by atoms with E-state index in [-0.39, 0.29) is 5.54 Å². The van der Waals surface area contributed by atoms with E-state index in [0.29, 0.717) is 11.5 Å². The number of rotatable bonds is 6. The quantitative estimate of drug-likeness (QED) is 0.543. The first kappa shape index (κ1) is 15.9. The second kappa shape index (κ2) is 5.99. The van der Waals surface area contributed by atoms with Crippen molar-refractivity contribution in [2.75, 3.05) is 14.1 Å². The van der Waals surface area contributed by atoms with Crippen LogP contribution in [0.2, 0.25) is 0 Å². The fourth-order valence-electron chi connectivity index (χ4n) is 2.03. The van der Waals surface area contributed by atoms with Crippen LogP contribution in [0.25, 0.3) is 0 Å². The van der Waals surface area contributed by atoms with Gasteiger partial charge in [-0.3, -0.25) is 11.3 Å². The van der Waals surface area contributed by atoms with Gasteiger partial charge >= 0.3 is 0 Å². The van der Waals surface area contributed by atoms with Gasteiger partial charge in [0.05, 0.1) is 0 Å². The number of hydrogen-bond acceptors (Lipinski definition) is 3. The number of nitrogens with one attached hydrogen (secondary N) is 1. The molecule has 3 N–H and O–H groups in total. The Morgan fingerprint density at radius 3 is 1.94 bits per heavy atom. The maximum absolute atomic E-state index is 5.72. The van der Waals surface area contributed by atoms with E-state index in [9.17, 15) is 0 Å². The zero-order valence-electron chi connectivity index (χ0n) is 12.2. The number of hydrogen-bond donors (Lipinski definition) is 2. The fraction of sp³-hybridized carbons (Fsp3) is 1.00. The first-order valence-corrected chi connectivity index (χ1v) is 6.31. The van der Waals surface area contributed by atoms with Gasteiger partial charge < -0.3 is 4.90 Å². The highest BCUT2D eigenvalue weighted by atomic mass is 15.3. The highest BCUT2D eigenvalue weighted by Gasteiger charge is 2.34. The van der Waals surface area contributed by atoms with Crippen LogP contribution in [0.15, 0.2) is 0 Å². The Kier molecular flexibility index (Phi) is 5.94. The second-order valence-corrected chi connectivity index (χ2v) is 6.42. The molecule has 0 aliphatic carbocycles. The number of nitrogens with two attached hydrogens (primary N) is 1. The molecular weight excluding hydrogens is 198 g/mol. The van der Waals surface area contributed by atoms with Crippen LogP contribution in [0.5, 0.6) is 0 Å². The summed E-state index contributed by atoms with van der Waals surface area (Å²) in [6.45, 7) is 11.3. The molecular formula is C13H31N3. The molecule has 0 radical (unpaired) electrons. The molecule has 3 heteroatoms. The maximum Gasteiger partial charge on any atom is 0.0391 e. The Morgan fingerprint density at radius 2 is 1.69 bits per heavy atom. The summed E-state index contributed by atoms with van der Waals surface area (Å²) in [5, 5.41) is 0. The number of likely N-dealkylation sites (N-methyl/N-ethyl adjacent to an activating group) is 1. The van der Waals surface area contributed by atoms with Crippen molar-refractivity contribution in [2.24, 2.45) is 11.3 Å². The van der Waals surface area contributed by atoms with Gasteiger partial charge in [-0.25, -0.2) is 0 Å². The lowest BCUT2D eigenvalue weighted by Gasteiger charge is -2.43. The van der Waals surface area contributed by atoms with E-state index in [0.717, 1.165) is 12.8 Å². The molecule has 0 amide bonds. The molecule has 0 bridgehead atoms. The molecule has 0 heterocycles. The third-order valence-electron chi connectivity index (χ3n) is 3.87. The normalized spacial score (nSPS) is 18.6. The Morgan fingerprint density at radius 1 is 1.19 bits per heavy atom. The molecule has 0 aliphatic heterocycles. The van der Waals surface area contributed by atoms with Gasteiger partial charge in [0.2, 0.25) is 0 Å². The molecule has 3 nitrogen and oxygen atoms in total. The van der Waals surface area contributed by atoms with Crippen LogP contribution in [0.3, 0.4) is 0 Å². The van der Waals surface area contributed by atoms with Gasteiger partial charge in [0.25, 0.3) is 0 Å². The largest absolute Gasteiger partial charge is 0.302 e. The van der Waals surface area contributed by atoms with E-state index in [1.165, 1.54) is 6.42 Å². The predicted octanol–water partition coefficient (Wildman–Crippen LogP) is 2.37. The summed E-state index contributed by atoms with van der Waals surface area (Å²) < 4.78 is 0. The molecule has 0 spiro atoms. The van der Waals surface area contributed by atoms with Gasteiger partial charge in [-0.1, -0.05) is 27.7 Å². The second-order valence-electron chi connectivity index (χ2n) is 6.42. The molecule has 2 unspecified atom stereocenters. The molecule has 0 saturated heterocycles. The summed E-state index contributed by atoms with van der Waals surface area (Å²) in [5.74, 6) is 5.72. The lowest BCUT2D eigenvalue weighted by molar-refractivity contribution is 0.101. The van der Waals surface area contributed by atoms with Crippen LogP contribution in [-0.2, 0) is 0 Å². The third-order valence-corrected chi connectivity index (χ3v) is 3.87. The minimum absolute atomic E-state index is 0.125. The van der Waals surface area contributed by atoms with Gasteiger partial charge in [-0.2, -0.15) is 0 Å². The highest BCUT2D eigenvalue weighted by molar-refractivity contribution is 4.93. The van der Waals surface area contributed by atoms with Gasteiger partial charge in [-0.15, -0.1) is 0 Å². The number of hydrazine groups is 1. The molecule has 0 rings (SSSR count). The van der Waals surface area contributed by atoms with E-state index in [2.05, 4.69) is 59.0 Å². The summed E-state index contributed by atoms with van der Waals surface area (Å²) in [7, 11) is 4.26. The Labute approximate surface area is 102 Å². The van der Waals surface area contributed by atoms with Gasteiger partial charge in [0.1, 0.15) is 0 Å². The first-order chi connectivity index (χ1) is 7.17. The van der Waals surface area contributed by atoms with Crippen molar-refractivity contribution in [3.05, 3.63) is 0 Å². The van der Waals surface area contributed by atoms with Crippen molar-refractivity contribution in [3.63, 3.8) is 0 Å². The highest BCUT2D eigenvalue weighted by Crippen LogP contribution is 2.28. The summed E-state index contributed by atoms with van der Waals surface area (Å²) in [4.78, 5) is 2.28. The summed E-state index contributed by atoms with van der Waals surface area (Å²) in [5.41, 5.74) is 3.50. The Balaban J connectivity index is 4.58. The zero-order chi connectivity index (χ0) is 13.0. The monoisotopic (exact) mass is 229 g/mol. The standard InChI is InChI=1S/C13H31N3/c1-8-13(5,16(6)7)11(15-14)9-10-12(2,3)4/h11,15H,8-10,14H2,1-7H3. The van der Waals surface area contributed by atoms with Crippen LogP contribution in [0.1, 0.15) is 53.9 Å². The van der Waals surface area contributed by atoms with Crippen molar-refractivity contribution in [1.29, 1.82) is 0 Å². The van der Waals surface area contributed by atoms with Crippen LogP contribution in [0.4, 0.5) is 0 Å². The minimum atomic E-state index is 0.125. The van der Waals surface area contributed by atoms with E-state index in [1.807, 2.05) is 0 Å².